The van der Waals surface area contributed by atoms with Gasteiger partial charge in [0, 0.05) is 12.5 Å². The van der Waals surface area contributed by atoms with E-state index in [0.29, 0.717) is 0 Å². The summed E-state index contributed by atoms with van der Waals surface area (Å²) in [6.07, 6.45) is 0. The van der Waals surface area contributed by atoms with Gasteiger partial charge in [0.15, 0.2) is 0 Å². The molecule has 0 aromatic carbocycles. The molecule has 0 aliphatic heterocycles. The second kappa shape index (κ2) is 10.5. The number of rotatable bonds is 0. The highest BCUT2D eigenvalue weighted by atomic mass is 16.2. The molecular formula is C10H25NO. The molecule has 1 N–H and O–H groups in total. The number of nitrogens with one attached hydrogen (secondary N) is 1. The van der Waals surface area contributed by atoms with E-state index in [1.54, 1.807) is 7.05 Å². The van der Waals surface area contributed by atoms with Crippen LogP contribution in [0, 0.1) is 5.41 Å². The molecule has 76 valence electrons. The summed E-state index contributed by atoms with van der Waals surface area (Å²) >= 11 is 0. The standard InChI is InChI=1S/C6H13NO.2C2H6/c1-6(2,3)5(8)7-4;2*1-2/h1-4H3,(H,7,8);2*1-2H3. The van der Waals surface area contributed by atoms with Crippen LogP contribution in [0.4, 0.5) is 0 Å². The average molecular weight is 175 g/mol. The average Bonchev–Trinajstić information content (AvgIpc) is 2.08. The highest BCUT2D eigenvalue weighted by molar-refractivity contribution is 5.80. The molecule has 0 aliphatic rings. The quantitative estimate of drug-likeness (QED) is 0.602. The predicted molar refractivity (Wildman–Crippen MR) is 56.2 cm³/mol. The topological polar surface area (TPSA) is 29.1 Å². The molecule has 0 spiro atoms. The maximum Gasteiger partial charge on any atom is 0.225 e. The Labute approximate surface area is 77.7 Å². The van der Waals surface area contributed by atoms with Gasteiger partial charge in [-0.15, -0.1) is 0 Å². The number of hydrogen-bond donors (Lipinski definition) is 1. The van der Waals surface area contributed by atoms with Crippen molar-refractivity contribution < 1.29 is 4.79 Å². The maximum atomic E-state index is 10.7. The van der Waals surface area contributed by atoms with E-state index in [1.165, 1.54) is 0 Å². The third-order valence-electron chi connectivity index (χ3n) is 0.908. The van der Waals surface area contributed by atoms with Crippen LogP contribution in [0.5, 0.6) is 0 Å². The summed E-state index contributed by atoms with van der Waals surface area (Å²) in [5.41, 5.74) is -0.241. The van der Waals surface area contributed by atoms with Crippen molar-refractivity contribution in [2.24, 2.45) is 5.41 Å². The minimum Gasteiger partial charge on any atom is -0.359 e. The SMILES string of the molecule is CC.CC.CNC(=O)C(C)(C)C. The Morgan fingerprint density at radius 2 is 1.25 bits per heavy atom. The predicted octanol–water partition coefficient (Wildman–Crippen LogP) is 2.83. The maximum absolute atomic E-state index is 10.7. The Morgan fingerprint density at radius 3 is 1.25 bits per heavy atom. The van der Waals surface area contributed by atoms with E-state index < -0.39 is 0 Å². The zero-order valence-electron chi connectivity index (χ0n) is 9.91. The molecule has 0 aromatic heterocycles. The van der Waals surface area contributed by atoms with E-state index in [2.05, 4.69) is 5.32 Å². The van der Waals surface area contributed by atoms with E-state index >= 15 is 0 Å². The molecule has 0 saturated carbocycles. The van der Waals surface area contributed by atoms with Crippen LogP contribution in [0.2, 0.25) is 0 Å². The van der Waals surface area contributed by atoms with Gasteiger partial charge in [-0.1, -0.05) is 48.5 Å². The minimum atomic E-state index is -0.241. The first-order chi connectivity index (χ1) is 5.48. The molecule has 0 aromatic rings. The van der Waals surface area contributed by atoms with Gasteiger partial charge in [0.25, 0.3) is 0 Å². The normalized spacial score (nSPS) is 8.33. The largest absolute Gasteiger partial charge is 0.359 e. The van der Waals surface area contributed by atoms with Crippen molar-refractivity contribution in [3.63, 3.8) is 0 Å². The Morgan fingerprint density at radius 1 is 1.00 bits per heavy atom. The van der Waals surface area contributed by atoms with Crippen LogP contribution in [0.1, 0.15) is 48.5 Å². The lowest BCUT2D eigenvalue weighted by atomic mass is 9.96. The summed E-state index contributed by atoms with van der Waals surface area (Å²) in [5, 5.41) is 2.57. The van der Waals surface area contributed by atoms with Gasteiger partial charge in [0.05, 0.1) is 0 Å². The van der Waals surface area contributed by atoms with Crippen LogP contribution in [0.25, 0.3) is 0 Å². The van der Waals surface area contributed by atoms with E-state index in [4.69, 9.17) is 0 Å². The van der Waals surface area contributed by atoms with Gasteiger partial charge < -0.3 is 5.32 Å². The van der Waals surface area contributed by atoms with Crippen LogP contribution >= 0.6 is 0 Å². The highest BCUT2D eigenvalue weighted by Crippen LogP contribution is 2.11. The fraction of sp³-hybridized carbons (Fsp3) is 0.900. The van der Waals surface area contributed by atoms with Crippen LogP contribution < -0.4 is 5.32 Å². The smallest absolute Gasteiger partial charge is 0.225 e. The van der Waals surface area contributed by atoms with Crippen LogP contribution in [-0.4, -0.2) is 13.0 Å². The van der Waals surface area contributed by atoms with Crippen molar-refractivity contribution in [3.05, 3.63) is 0 Å². The van der Waals surface area contributed by atoms with E-state index in [9.17, 15) is 4.79 Å². The van der Waals surface area contributed by atoms with Crippen LogP contribution in [-0.2, 0) is 4.79 Å². The summed E-state index contributed by atoms with van der Waals surface area (Å²) in [7, 11) is 1.65. The van der Waals surface area contributed by atoms with Gasteiger partial charge in [-0.05, 0) is 0 Å². The molecular weight excluding hydrogens is 150 g/mol. The van der Waals surface area contributed by atoms with Crippen molar-refractivity contribution in [2.75, 3.05) is 7.05 Å². The number of amides is 1. The van der Waals surface area contributed by atoms with Gasteiger partial charge in [-0.2, -0.15) is 0 Å². The van der Waals surface area contributed by atoms with Crippen LogP contribution in [0.3, 0.4) is 0 Å². The van der Waals surface area contributed by atoms with Gasteiger partial charge in [0.2, 0.25) is 5.91 Å². The van der Waals surface area contributed by atoms with Crippen molar-refractivity contribution in [1.29, 1.82) is 0 Å². The lowest BCUT2D eigenvalue weighted by Gasteiger charge is -2.14. The molecule has 0 fully saturated rings. The number of hydrogen-bond acceptors (Lipinski definition) is 1. The first kappa shape index (κ1) is 17.5. The lowest BCUT2D eigenvalue weighted by molar-refractivity contribution is -0.127. The van der Waals surface area contributed by atoms with Gasteiger partial charge >= 0.3 is 0 Å². The fourth-order valence-corrected chi connectivity index (χ4v) is 0.375. The van der Waals surface area contributed by atoms with Gasteiger partial charge in [0.1, 0.15) is 0 Å². The van der Waals surface area contributed by atoms with Crippen molar-refractivity contribution in [1.82, 2.24) is 5.32 Å². The molecule has 0 unspecified atom stereocenters. The lowest BCUT2D eigenvalue weighted by Crippen LogP contribution is -2.31. The van der Waals surface area contributed by atoms with Gasteiger partial charge in [-0.3, -0.25) is 4.79 Å². The first-order valence-corrected chi connectivity index (χ1v) is 4.70. The van der Waals surface area contributed by atoms with Crippen molar-refractivity contribution >= 4 is 5.91 Å². The zero-order chi connectivity index (χ0) is 10.8. The molecule has 0 radical (unpaired) electrons. The molecule has 2 heteroatoms. The van der Waals surface area contributed by atoms with Gasteiger partial charge in [-0.25, -0.2) is 0 Å². The number of carbonyl (C=O) groups excluding carboxylic acids is 1. The molecule has 1 amide bonds. The minimum absolute atomic E-state index is 0.0810. The summed E-state index contributed by atoms with van der Waals surface area (Å²) < 4.78 is 0. The first-order valence-electron chi connectivity index (χ1n) is 4.70. The molecule has 0 atom stereocenters. The summed E-state index contributed by atoms with van der Waals surface area (Å²) in [5.74, 6) is 0.0810. The Balaban J connectivity index is -0.000000175. The van der Waals surface area contributed by atoms with Crippen LogP contribution in [0.15, 0.2) is 0 Å². The Kier molecular flexibility index (Phi) is 15.3. The Hall–Kier alpha value is -0.530. The summed E-state index contributed by atoms with van der Waals surface area (Å²) in [6.45, 7) is 13.6. The van der Waals surface area contributed by atoms with E-state index in [1.807, 2.05) is 48.5 Å². The molecule has 0 aliphatic carbocycles. The Bertz CT molecular complexity index is 92.5. The molecule has 0 rings (SSSR count). The second-order valence-electron chi connectivity index (χ2n) is 2.83. The molecule has 2 nitrogen and oxygen atoms in total. The molecule has 0 heterocycles. The molecule has 12 heavy (non-hydrogen) atoms. The number of carbonyl (C=O) groups is 1. The van der Waals surface area contributed by atoms with Crippen molar-refractivity contribution in [3.8, 4) is 0 Å². The fourth-order valence-electron chi connectivity index (χ4n) is 0.375. The monoisotopic (exact) mass is 175 g/mol. The van der Waals surface area contributed by atoms with Crippen molar-refractivity contribution in [2.45, 2.75) is 48.5 Å². The highest BCUT2D eigenvalue weighted by Gasteiger charge is 2.18. The molecule has 0 saturated heterocycles. The molecule has 0 bridgehead atoms. The third-order valence-corrected chi connectivity index (χ3v) is 0.908. The summed E-state index contributed by atoms with van der Waals surface area (Å²) in [4.78, 5) is 10.7. The zero-order valence-corrected chi connectivity index (χ0v) is 9.91. The summed E-state index contributed by atoms with van der Waals surface area (Å²) in [6, 6.07) is 0. The van der Waals surface area contributed by atoms with E-state index in [-0.39, 0.29) is 11.3 Å². The third kappa shape index (κ3) is 12.2. The van der Waals surface area contributed by atoms with E-state index in [0.717, 1.165) is 0 Å². The second-order valence-corrected chi connectivity index (χ2v) is 2.83.